The maximum Gasteiger partial charge on any atom is 0.326 e. The Kier molecular flexibility index (Phi) is 6.96. The quantitative estimate of drug-likeness (QED) is 0.350. The van der Waals surface area contributed by atoms with Gasteiger partial charge in [-0.1, -0.05) is 17.7 Å². The first kappa shape index (κ1) is 25.4. The van der Waals surface area contributed by atoms with Gasteiger partial charge in [0, 0.05) is 24.0 Å². The number of hydrogen-bond acceptors (Lipinski definition) is 5. The summed E-state index contributed by atoms with van der Waals surface area (Å²) in [5, 5.41) is 24.9. The summed E-state index contributed by atoms with van der Waals surface area (Å²) in [4.78, 5) is 31.9. The maximum absolute atomic E-state index is 13.0. The third kappa shape index (κ3) is 5.94. The second-order valence-electron chi connectivity index (χ2n) is 9.51. The Morgan fingerprint density at radius 3 is 2.35 bits per heavy atom. The molecule has 0 aliphatic rings. The largest absolute Gasteiger partial charge is 0.389 e. The van der Waals surface area contributed by atoms with Crippen molar-refractivity contribution in [3.05, 3.63) is 83.4 Å². The highest BCUT2D eigenvalue weighted by molar-refractivity contribution is 6.06. The molecule has 0 fully saturated rings. The fraction of sp³-hybridized carbons (Fsp3) is 0.214. The molecule has 4 aromatic rings. The van der Waals surface area contributed by atoms with Gasteiger partial charge in [-0.25, -0.2) is 9.78 Å². The smallest absolute Gasteiger partial charge is 0.326 e. The van der Waals surface area contributed by atoms with Crippen molar-refractivity contribution in [1.82, 2.24) is 9.55 Å². The average Bonchev–Trinajstić information content (AvgIpc) is 3.18. The number of nitrogens with one attached hydrogen (secondary N) is 2. The summed E-state index contributed by atoms with van der Waals surface area (Å²) >= 11 is 0. The topological polar surface area (TPSA) is 123 Å². The van der Waals surface area contributed by atoms with Gasteiger partial charge in [0.1, 0.15) is 0 Å². The van der Waals surface area contributed by atoms with Crippen LogP contribution in [0.1, 0.15) is 35.3 Å². The molecular formula is C28H28N6O3. The molecule has 4 rings (SSSR count). The van der Waals surface area contributed by atoms with Crippen LogP contribution >= 0.6 is 0 Å². The third-order valence-electron chi connectivity index (χ3n) is 5.76. The Labute approximate surface area is 215 Å². The lowest BCUT2D eigenvalue weighted by Gasteiger charge is -2.21. The SMILES string of the molecule is Cc1ccc(C(=O)N(C)c2ccc3c(c2)nc(NC(=O)Nc2ccc(C#N)cc2)n3CC(C)(C)O)cc1. The van der Waals surface area contributed by atoms with Crippen LogP contribution in [-0.2, 0) is 6.54 Å². The first-order valence-electron chi connectivity index (χ1n) is 11.7. The Morgan fingerprint density at radius 2 is 1.73 bits per heavy atom. The van der Waals surface area contributed by atoms with Gasteiger partial charge in [-0.2, -0.15) is 5.26 Å². The lowest BCUT2D eigenvalue weighted by Crippen LogP contribution is -2.28. The zero-order chi connectivity index (χ0) is 26.7. The first-order chi connectivity index (χ1) is 17.5. The zero-order valence-electron chi connectivity index (χ0n) is 21.1. The fourth-order valence-corrected chi connectivity index (χ4v) is 3.87. The minimum absolute atomic E-state index is 0.157. The second-order valence-corrected chi connectivity index (χ2v) is 9.51. The van der Waals surface area contributed by atoms with Gasteiger partial charge < -0.3 is 19.9 Å². The predicted molar refractivity (Wildman–Crippen MR) is 144 cm³/mol. The number of urea groups is 1. The molecule has 1 heterocycles. The number of aryl methyl sites for hydroxylation is 1. The number of rotatable bonds is 6. The van der Waals surface area contributed by atoms with E-state index < -0.39 is 11.6 Å². The number of imidazole rings is 1. The fourth-order valence-electron chi connectivity index (χ4n) is 3.87. The van der Waals surface area contributed by atoms with Crippen LogP contribution in [0.25, 0.3) is 11.0 Å². The summed E-state index contributed by atoms with van der Waals surface area (Å²) in [6.45, 7) is 5.48. The molecule has 0 saturated carbocycles. The molecule has 0 saturated heterocycles. The van der Waals surface area contributed by atoms with Crippen molar-refractivity contribution in [3.8, 4) is 6.07 Å². The Morgan fingerprint density at radius 1 is 1.05 bits per heavy atom. The molecule has 0 aliphatic heterocycles. The molecule has 0 aliphatic carbocycles. The molecule has 0 bridgehead atoms. The van der Waals surface area contributed by atoms with Gasteiger partial charge in [-0.15, -0.1) is 0 Å². The van der Waals surface area contributed by atoms with Gasteiger partial charge in [0.25, 0.3) is 5.91 Å². The maximum atomic E-state index is 13.0. The van der Waals surface area contributed by atoms with Gasteiger partial charge in [0.2, 0.25) is 5.95 Å². The number of fused-ring (bicyclic) bond motifs is 1. The minimum atomic E-state index is -1.08. The molecule has 1 aromatic heterocycles. The molecule has 9 heteroatoms. The Bertz CT molecular complexity index is 1490. The van der Waals surface area contributed by atoms with E-state index in [1.54, 1.807) is 78.9 Å². The summed E-state index contributed by atoms with van der Waals surface area (Å²) in [6, 6.07) is 20.7. The van der Waals surface area contributed by atoms with Crippen molar-refractivity contribution in [1.29, 1.82) is 5.26 Å². The minimum Gasteiger partial charge on any atom is -0.389 e. The van der Waals surface area contributed by atoms with Crippen molar-refractivity contribution >= 4 is 40.3 Å². The van der Waals surface area contributed by atoms with Gasteiger partial charge in [-0.05, 0) is 75.4 Å². The van der Waals surface area contributed by atoms with Crippen LogP contribution in [0.5, 0.6) is 0 Å². The first-order valence-corrected chi connectivity index (χ1v) is 11.7. The number of aliphatic hydroxyl groups is 1. The number of amides is 3. The summed E-state index contributed by atoms with van der Waals surface area (Å²) in [6.07, 6.45) is 0. The molecule has 0 atom stereocenters. The molecule has 3 amide bonds. The van der Waals surface area contributed by atoms with E-state index in [1.165, 1.54) is 0 Å². The number of anilines is 3. The van der Waals surface area contributed by atoms with Crippen molar-refractivity contribution in [2.24, 2.45) is 0 Å². The number of benzene rings is 3. The average molecular weight is 497 g/mol. The number of carbonyl (C=O) groups is 2. The van der Waals surface area contributed by atoms with E-state index in [0.717, 1.165) is 5.56 Å². The summed E-state index contributed by atoms with van der Waals surface area (Å²) in [7, 11) is 1.70. The van der Waals surface area contributed by atoms with Crippen molar-refractivity contribution in [2.75, 3.05) is 22.6 Å². The van der Waals surface area contributed by atoms with E-state index in [-0.39, 0.29) is 18.4 Å². The Hall–Kier alpha value is -4.68. The van der Waals surface area contributed by atoms with E-state index in [9.17, 15) is 14.7 Å². The summed E-state index contributed by atoms with van der Waals surface area (Å²) in [5.41, 5.74) is 3.45. The molecule has 188 valence electrons. The highest BCUT2D eigenvalue weighted by Gasteiger charge is 2.22. The number of hydrogen-bond donors (Lipinski definition) is 3. The van der Waals surface area contributed by atoms with Crippen LogP contribution in [-0.4, -0.2) is 39.2 Å². The van der Waals surface area contributed by atoms with Crippen LogP contribution in [0.3, 0.4) is 0 Å². The van der Waals surface area contributed by atoms with Crippen LogP contribution in [0.4, 0.5) is 22.1 Å². The van der Waals surface area contributed by atoms with Crippen molar-refractivity contribution < 1.29 is 14.7 Å². The molecular weight excluding hydrogens is 468 g/mol. The van der Waals surface area contributed by atoms with Crippen LogP contribution in [0.15, 0.2) is 66.7 Å². The predicted octanol–water partition coefficient (Wildman–Crippen LogP) is 4.91. The standard InChI is InChI=1S/C28H28N6O3/c1-18-5-9-20(10-6-18)25(35)33(4)22-13-14-24-23(15-22)31-26(34(24)17-28(2,3)37)32-27(36)30-21-11-7-19(16-29)8-12-21/h5-15,37H,17H2,1-4H3,(H2,30,31,32,36). The molecule has 37 heavy (non-hydrogen) atoms. The number of nitrogens with zero attached hydrogens (tertiary/aromatic N) is 4. The summed E-state index contributed by atoms with van der Waals surface area (Å²) < 4.78 is 1.72. The third-order valence-corrected chi connectivity index (χ3v) is 5.76. The highest BCUT2D eigenvalue weighted by Crippen LogP contribution is 2.27. The molecule has 0 unspecified atom stereocenters. The van der Waals surface area contributed by atoms with Crippen LogP contribution < -0.4 is 15.5 Å². The van der Waals surface area contributed by atoms with Gasteiger partial charge >= 0.3 is 6.03 Å². The number of aromatic nitrogens is 2. The number of carbonyl (C=O) groups excluding carboxylic acids is 2. The molecule has 3 aromatic carbocycles. The molecule has 9 nitrogen and oxygen atoms in total. The second kappa shape index (κ2) is 10.1. The number of nitriles is 1. The molecule has 0 spiro atoms. The Balaban J connectivity index is 1.63. The van der Waals surface area contributed by atoms with Crippen LogP contribution in [0, 0.1) is 18.3 Å². The molecule has 0 radical (unpaired) electrons. The van der Waals surface area contributed by atoms with E-state index in [2.05, 4.69) is 15.6 Å². The monoisotopic (exact) mass is 496 g/mol. The van der Waals surface area contributed by atoms with Crippen LogP contribution in [0.2, 0.25) is 0 Å². The molecule has 3 N–H and O–H groups in total. The van der Waals surface area contributed by atoms with E-state index in [1.807, 2.05) is 31.2 Å². The van der Waals surface area contributed by atoms with E-state index in [0.29, 0.717) is 33.5 Å². The van der Waals surface area contributed by atoms with E-state index >= 15 is 0 Å². The lowest BCUT2D eigenvalue weighted by atomic mass is 10.1. The van der Waals surface area contributed by atoms with Crippen molar-refractivity contribution in [3.63, 3.8) is 0 Å². The van der Waals surface area contributed by atoms with Gasteiger partial charge in [0.15, 0.2) is 0 Å². The zero-order valence-corrected chi connectivity index (χ0v) is 21.1. The summed E-state index contributed by atoms with van der Waals surface area (Å²) in [5.74, 6) is 0.0864. The normalized spacial score (nSPS) is 11.1. The van der Waals surface area contributed by atoms with Gasteiger partial charge in [0.05, 0.1) is 34.8 Å². The van der Waals surface area contributed by atoms with E-state index in [4.69, 9.17) is 5.26 Å². The van der Waals surface area contributed by atoms with Gasteiger partial charge in [-0.3, -0.25) is 10.1 Å². The highest BCUT2D eigenvalue weighted by atomic mass is 16.3. The van der Waals surface area contributed by atoms with Crippen molar-refractivity contribution in [2.45, 2.75) is 32.9 Å². The lowest BCUT2D eigenvalue weighted by molar-refractivity contribution is 0.0632.